The third-order valence-electron chi connectivity index (χ3n) is 5.39. The fraction of sp³-hybridized carbons (Fsp3) is 0.364. The van der Waals surface area contributed by atoms with Gasteiger partial charge in [0, 0.05) is 24.9 Å². The van der Waals surface area contributed by atoms with Crippen molar-refractivity contribution < 1.29 is 22.7 Å². The van der Waals surface area contributed by atoms with Gasteiger partial charge in [0.2, 0.25) is 5.91 Å². The molecule has 7 nitrogen and oxygen atoms in total. The quantitative estimate of drug-likeness (QED) is 0.790. The predicted octanol–water partition coefficient (Wildman–Crippen LogP) is 3.03. The van der Waals surface area contributed by atoms with Crippen LogP contribution in [0.5, 0.6) is 5.75 Å². The van der Waals surface area contributed by atoms with Crippen molar-refractivity contribution in [1.29, 1.82) is 0 Å². The molecule has 0 aromatic heterocycles. The zero-order valence-corrected chi connectivity index (χ0v) is 17.7. The van der Waals surface area contributed by atoms with E-state index in [0.29, 0.717) is 6.42 Å². The van der Waals surface area contributed by atoms with Crippen LogP contribution in [0.25, 0.3) is 0 Å². The number of ether oxygens (including phenoxy) is 1. The van der Waals surface area contributed by atoms with E-state index in [9.17, 15) is 18.0 Å². The molecule has 8 heteroatoms. The molecule has 1 N–H and O–H groups in total. The minimum Gasteiger partial charge on any atom is -0.487 e. The van der Waals surface area contributed by atoms with Gasteiger partial charge in [-0.2, -0.15) is 0 Å². The molecule has 0 unspecified atom stereocenters. The molecule has 2 heterocycles. The Morgan fingerprint density at radius 1 is 1.17 bits per heavy atom. The highest BCUT2D eigenvalue weighted by Gasteiger charge is 2.40. The molecule has 0 saturated heterocycles. The average molecular weight is 429 g/mol. The SMILES string of the molecule is CC1(C)C[C@H](NC(=O)CCCN2C(=O)c3ccccc3S2(=O)=O)c2ccccc2O1. The summed E-state index contributed by atoms with van der Waals surface area (Å²) in [5, 5.41) is 3.03. The van der Waals surface area contributed by atoms with Gasteiger partial charge in [-0.1, -0.05) is 30.3 Å². The molecule has 30 heavy (non-hydrogen) atoms. The van der Waals surface area contributed by atoms with E-state index in [0.717, 1.165) is 15.6 Å². The van der Waals surface area contributed by atoms with E-state index >= 15 is 0 Å². The Labute approximate surface area is 176 Å². The smallest absolute Gasteiger partial charge is 0.269 e. The first-order valence-electron chi connectivity index (χ1n) is 9.92. The van der Waals surface area contributed by atoms with Gasteiger partial charge in [-0.3, -0.25) is 9.59 Å². The first-order chi connectivity index (χ1) is 14.2. The van der Waals surface area contributed by atoms with Crippen LogP contribution in [0.15, 0.2) is 53.4 Å². The van der Waals surface area contributed by atoms with Crippen LogP contribution < -0.4 is 10.1 Å². The summed E-state index contributed by atoms with van der Waals surface area (Å²) >= 11 is 0. The number of nitrogens with zero attached hydrogens (tertiary/aromatic N) is 1. The van der Waals surface area contributed by atoms with Crippen LogP contribution in [0.4, 0.5) is 0 Å². The molecule has 2 amide bonds. The Morgan fingerprint density at radius 2 is 1.87 bits per heavy atom. The maximum Gasteiger partial charge on any atom is 0.269 e. The lowest BCUT2D eigenvalue weighted by Crippen LogP contribution is -2.41. The minimum absolute atomic E-state index is 0.0282. The molecule has 0 saturated carbocycles. The number of para-hydroxylation sites is 1. The van der Waals surface area contributed by atoms with E-state index in [-0.39, 0.29) is 41.8 Å². The Morgan fingerprint density at radius 3 is 2.63 bits per heavy atom. The Balaban J connectivity index is 1.38. The highest BCUT2D eigenvalue weighted by atomic mass is 32.2. The number of fused-ring (bicyclic) bond motifs is 2. The van der Waals surface area contributed by atoms with Crippen LogP contribution in [0.2, 0.25) is 0 Å². The van der Waals surface area contributed by atoms with Crippen molar-refractivity contribution >= 4 is 21.8 Å². The van der Waals surface area contributed by atoms with E-state index in [1.54, 1.807) is 12.1 Å². The average Bonchev–Trinajstić information content (AvgIpc) is 2.88. The number of carbonyl (C=O) groups is 2. The molecule has 4 rings (SSSR count). The van der Waals surface area contributed by atoms with Crippen molar-refractivity contribution in [2.45, 2.75) is 49.6 Å². The molecule has 2 aromatic rings. The standard InChI is InChI=1S/C22H24N2O5S/c1-22(2)14-17(15-8-3-5-10-18(15)29-22)23-20(25)12-7-13-24-21(26)16-9-4-6-11-19(16)30(24,27)28/h3-6,8-11,17H,7,12-14H2,1-2H3,(H,23,25)/t17-/m0/s1. The normalized spacial score (nSPS) is 20.8. The van der Waals surface area contributed by atoms with Gasteiger partial charge in [-0.15, -0.1) is 0 Å². The summed E-state index contributed by atoms with van der Waals surface area (Å²) in [6, 6.07) is 13.6. The molecule has 2 aliphatic rings. The van der Waals surface area contributed by atoms with Crippen molar-refractivity contribution in [3.8, 4) is 5.75 Å². The predicted molar refractivity (Wildman–Crippen MR) is 111 cm³/mol. The second kappa shape index (κ2) is 7.43. The first-order valence-corrected chi connectivity index (χ1v) is 11.4. The van der Waals surface area contributed by atoms with Crippen molar-refractivity contribution in [2.24, 2.45) is 0 Å². The molecular weight excluding hydrogens is 404 g/mol. The first kappa shape index (κ1) is 20.4. The van der Waals surface area contributed by atoms with Crippen molar-refractivity contribution in [1.82, 2.24) is 9.62 Å². The Kier molecular flexibility index (Phi) is 5.05. The summed E-state index contributed by atoms with van der Waals surface area (Å²) in [4.78, 5) is 25.0. The van der Waals surface area contributed by atoms with Crippen LogP contribution in [-0.2, 0) is 14.8 Å². The molecule has 158 valence electrons. The van der Waals surface area contributed by atoms with Gasteiger partial charge in [0.05, 0.1) is 11.6 Å². The number of rotatable bonds is 5. The van der Waals surface area contributed by atoms with Crippen molar-refractivity contribution in [3.63, 3.8) is 0 Å². The molecule has 2 aromatic carbocycles. The molecule has 0 spiro atoms. The van der Waals surface area contributed by atoms with Crippen LogP contribution in [0.3, 0.4) is 0 Å². The largest absolute Gasteiger partial charge is 0.487 e. The number of hydrogen-bond acceptors (Lipinski definition) is 5. The maximum absolute atomic E-state index is 12.6. The highest BCUT2D eigenvalue weighted by molar-refractivity contribution is 7.90. The molecule has 2 aliphatic heterocycles. The molecule has 0 radical (unpaired) electrons. The number of hydrogen-bond donors (Lipinski definition) is 1. The minimum atomic E-state index is -3.84. The summed E-state index contributed by atoms with van der Waals surface area (Å²) in [5.41, 5.74) is 0.703. The zero-order chi connectivity index (χ0) is 21.5. The second-order valence-corrected chi connectivity index (χ2v) is 10.0. The summed E-state index contributed by atoms with van der Waals surface area (Å²) in [5.74, 6) is 0.0331. The summed E-state index contributed by atoms with van der Waals surface area (Å²) in [6.45, 7) is 3.92. The van der Waals surface area contributed by atoms with E-state index < -0.39 is 21.5 Å². The van der Waals surface area contributed by atoms with Gasteiger partial charge in [0.25, 0.3) is 15.9 Å². The fourth-order valence-electron chi connectivity index (χ4n) is 4.03. The Hall–Kier alpha value is -2.87. The lowest BCUT2D eigenvalue weighted by Gasteiger charge is -2.37. The third-order valence-corrected chi connectivity index (χ3v) is 7.23. The molecule has 1 atom stereocenters. The Bertz CT molecular complexity index is 1110. The van der Waals surface area contributed by atoms with Crippen LogP contribution in [0, 0.1) is 0 Å². The van der Waals surface area contributed by atoms with Gasteiger partial charge in [0.1, 0.15) is 16.2 Å². The monoisotopic (exact) mass is 428 g/mol. The van der Waals surface area contributed by atoms with Gasteiger partial charge in [-0.05, 0) is 38.5 Å². The number of sulfonamides is 1. The molecule has 0 fully saturated rings. The number of nitrogens with one attached hydrogen (secondary N) is 1. The van der Waals surface area contributed by atoms with Crippen LogP contribution >= 0.6 is 0 Å². The lowest BCUT2D eigenvalue weighted by molar-refractivity contribution is -0.122. The van der Waals surface area contributed by atoms with Crippen LogP contribution in [-0.4, -0.2) is 36.7 Å². The number of amides is 2. The van der Waals surface area contributed by atoms with E-state index in [1.807, 2.05) is 38.1 Å². The van der Waals surface area contributed by atoms with Gasteiger partial charge in [-0.25, -0.2) is 12.7 Å². The third kappa shape index (κ3) is 3.67. The number of carbonyl (C=O) groups excluding carboxylic acids is 2. The second-order valence-electron chi connectivity index (χ2n) is 8.21. The highest BCUT2D eigenvalue weighted by Crippen LogP contribution is 2.39. The topological polar surface area (TPSA) is 92.8 Å². The van der Waals surface area contributed by atoms with E-state index in [2.05, 4.69) is 5.32 Å². The summed E-state index contributed by atoms with van der Waals surface area (Å²) in [6.07, 6.45) is 0.999. The van der Waals surface area contributed by atoms with Crippen molar-refractivity contribution in [2.75, 3.05) is 6.54 Å². The lowest BCUT2D eigenvalue weighted by atomic mass is 9.89. The van der Waals surface area contributed by atoms with E-state index in [4.69, 9.17) is 4.74 Å². The van der Waals surface area contributed by atoms with E-state index in [1.165, 1.54) is 12.1 Å². The molecular formula is C22H24N2O5S. The summed E-state index contributed by atoms with van der Waals surface area (Å²) in [7, 11) is -3.84. The number of benzene rings is 2. The van der Waals surface area contributed by atoms with Gasteiger partial charge >= 0.3 is 0 Å². The van der Waals surface area contributed by atoms with Crippen LogP contribution in [0.1, 0.15) is 55.1 Å². The van der Waals surface area contributed by atoms with Crippen molar-refractivity contribution in [3.05, 3.63) is 59.7 Å². The van der Waals surface area contributed by atoms with Gasteiger partial charge in [0.15, 0.2) is 0 Å². The zero-order valence-electron chi connectivity index (χ0n) is 16.9. The molecule has 0 aliphatic carbocycles. The maximum atomic E-state index is 12.6. The van der Waals surface area contributed by atoms with Gasteiger partial charge < -0.3 is 10.1 Å². The molecule has 0 bridgehead atoms. The fourth-order valence-corrected chi connectivity index (χ4v) is 5.64. The summed E-state index contributed by atoms with van der Waals surface area (Å²) < 4.78 is 32.0.